The Morgan fingerprint density at radius 2 is 0.646 bits per heavy atom. The molecule has 0 fully saturated rings. The number of hydrogen-bond donors (Lipinski definition) is 3. The molecule has 3 N–H and O–H groups in total. The lowest BCUT2D eigenvalue weighted by Crippen LogP contribution is -2.30. The molecule has 0 rings (SSSR count). The van der Waals surface area contributed by atoms with Crippen LogP contribution >= 0.6 is 15.6 Å². The summed E-state index contributed by atoms with van der Waals surface area (Å²) in [6, 6.07) is 0. The fourth-order valence-corrected chi connectivity index (χ4v) is 10.4. The van der Waals surface area contributed by atoms with E-state index in [9.17, 15) is 43.2 Å². The molecule has 0 heterocycles. The van der Waals surface area contributed by atoms with Gasteiger partial charge in [-0.2, -0.15) is 0 Å². The lowest BCUT2D eigenvalue weighted by Gasteiger charge is -2.21. The Balaban J connectivity index is 5.09. The van der Waals surface area contributed by atoms with Crippen molar-refractivity contribution in [3.8, 4) is 0 Å². The molecule has 0 aliphatic rings. The molecule has 17 nitrogen and oxygen atoms in total. The minimum Gasteiger partial charge on any atom is -0.462 e. The molecule has 79 heavy (non-hydrogen) atoms. The highest BCUT2D eigenvalue weighted by atomic mass is 31.2. The zero-order valence-electron chi connectivity index (χ0n) is 50.7. The zero-order valence-corrected chi connectivity index (χ0v) is 52.4. The standard InChI is InChI=1S/C60H116O17P2/c1-7-10-12-28-36-42-57(62)70-48-55(76-59(64)44-38-29-13-11-8-2)50-74-78(66,67)72-46-54(61)47-73-79(68,69)75-51-56(49-71-58(63)43-37-32-26-23-22-24-30-34-40-52(4)5)77-60(65)45-39-33-27-21-19-17-15-14-16-18-20-25-31-35-41-53(6)9-3/h52-56,61H,7-51H2,1-6H3,(H,66,67)(H,68,69)/t53?,54-,55+,56+/m0/s1. The minimum atomic E-state index is -4.94. The average molecular weight is 1170 g/mol. The predicted octanol–water partition coefficient (Wildman–Crippen LogP) is 16.1. The summed E-state index contributed by atoms with van der Waals surface area (Å²) in [6.45, 7) is 9.30. The fraction of sp³-hybridized carbons (Fsp3) is 0.933. The van der Waals surface area contributed by atoms with E-state index in [2.05, 4.69) is 41.5 Å². The van der Waals surface area contributed by atoms with Crippen molar-refractivity contribution in [3.63, 3.8) is 0 Å². The number of carbonyl (C=O) groups excluding carboxylic acids is 4. The van der Waals surface area contributed by atoms with Gasteiger partial charge in [0.1, 0.15) is 19.3 Å². The average Bonchev–Trinajstić information content (AvgIpc) is 3.41. The van der Waals surface area contributed by atoms with Gasteiger partial charge in [0.15, 0.2) is 12.2 Å². The molecule has 0 aromatic carbocycles. The van der Waals surface area contributed by atoms with Crippen LogP contribution in [0.2, 0.25) is 0 Å². The van der Waals surface area contributed by atoms with Gasteiger partial charge in [0, 0.05) is 25.7 Å². The lowest BCUT2D eigenvalue weighted by molar-refractivity contribution is -0.161. The maximum atomic E-state index is 12.9. The fourth-order valence-electron chi connectivity index (χ4n) is 8.79. The number of ether oxygens (including phenoxy) is 4. The van der Waals surface area contributed by atoms with Crippen LogP contribution in [0, 0.1) is 11.8 Å². The number of phosphoric acid groups is 2. The van der Waals surface area contributed by atoms with E-state index in [-0.39, 0.29) is 25.7 Å². The quantitative estimate of drug-likeness (QED) is 0.0222. The first kappa shape index (κ1) is 77.1. The van der Waals surface area contributed by atoms with Crippen LogP contribution in [0.5, 0.6) is 0 Å². The second-order valence-corrected chi connectivity index (χ2v) is 25.4. The van der Waals surface area contributed by atoms with E-state index in [1.54, 1.807) is 0 Å². The molecule has 0 amide bonds. The maximum Gasteiger partial charge on any atom is 0.472 e. The van der Waals surface area contributed by atoms with Crippen molar-refractivity contribution in [3.05, 3.63) is 0 Å². The highest BCUT2D eigenvalue weighted by molar-refractivity contribution is 7.47. The monoisotopic (exact) mass is 1170 g/mol. The molecule has 0 radical (unpaired) electrons. The van der Waals surface area contributed by atoms with Crippen molar-refractivity contribution >= 4 is 39.5 Å². The van der Waals surface area contributed by atoms with Crippen molar-refractivity contribution in [2.75, 3.05) is 39.6 Å². The van der Waals surface area contributed by atoms with Gasteiger partial charge in [-0.3, -0.25) is 37.3 Å². The van der Waals surface area contributed by atoms with Crippen LogP contribution in [0.4, 0.5) is 0 Å². The molecular weight excluding hydrogens is 1050 g/mol. The molecule has 0 aliphatic carbocycles. The summed E-state index contributed by atoms with van der Waals surface area (Å²) in [5.74, 6) is -0.590. The van der Waals surface area contributed by atoms with E-state index >= 15 is 0 Å². The molecule has 468 valence electrons. The minimum absolute atomic E-state index is 0.0985. The van der Waals surface area contributed by atoms with Crippen LogP contribution in [-0.2, 0) is 65.4 Å². The van der Waals surface area contributed by atoms with E-state index < -0.39 is 97.5 Å². The molecule has 0 aliphatic heterocycles. The third kappa shape index (κ3) is 53.8. The van der Waals surface area contributed by atoms with Gasteiger partial charge < -0.3 is 33.8 Å². The molecule has 19 heteroatoms. The Morgan fingerprint density at radius 3 is 0.962 bits per heavy atom. The van der Waals surface area contributed by atoms with Crippen molar-refractivity contribution in [2.45, 2.75) is 310 Å². The van der Waals surface area contributed by atoms with Crippen molar-refractivity contribution in [2.24, 2.45) is 11.8 Å². The Morgan fingerprint density at radius 1 is 0.367 bits per heavy atom. The van der Waals surface area contributed by atoms with Gasteiger partial charge in [0.25, 0.3) is 0 Å². The van der Waals surface area contributed by atoms with Gasteiger partial charge >= 0.3 is 39.5 Å². The topological polar surface area (TPSA) is 237 Å². The van der Waals surface area contributed by atoms with E-state index in [0.29, 0.717) is 25.7 Å². The number of carbonyl (C=O) groups is 4. The third-order valence-corrected chi connectivity index (χ3v) is 16.0. The summed E-state index contributed by atoms with van der Waals surface area (Å²) in [4.78, 5) is 71.5. The number of phosphoric ester groups is 2. The second kappa shape index (κ2) is 52.8. The molecule has 3 unspecified atom stereocenters. The molecule has 0 aromatic heterocycles. The molecule has 0 spiro atoms. The molecule has 0 saturated carbocycles. The van der Waals surface area contributed by atoms with Crippen LogP contribution < -0.4 is 0 Å². The zero-order chi connectivity index (χ0) is 58.7. The van der Waals surface area contributed by atoms with Gasteiger partial charge in [-0.15, -0.1) is 0 Å². The Labute approximate surface area is 479 Å². The molecule has 0 saturated heterocycles. The van der Waals surface area contributed by atoms with Crippen LogP contribution in [0.3, 0.4) is 0 Å². The second-order valence-electron chi connectivity index (χ2n) is 22.5. The van der Waals surface area contributed by atoms with Gasteiger partial charge in [-0.1, -0.05) is 241 Å². The normalized spacial score (nSPS) is 14.8. The highest BCUT2D eigenvalue weighted by Gasteiger charge is 2.30. The summed E-state index contributed by atoms with van der Waals surface area (Å²) in [6.07, 6.45) is 34.3. The van der Waals surface area contributed by atoms with Gasteiger partial charge in [-0.05, 0) is 37.5 Å². The van der Waals surface area contributed by atoms with E-state index in [1.807, 2.05) is 0 Å². The SMILES string of the molecule is CCCCCCCC(=O)OC[C@H](COP(=O)(O)OC[C@H](O)COP(=O)(O)OC[C@@H](COC(=O)CCCCCCCCCCC(C)C)OC(=O)CCCCCCCCCCCCCCCCC(C)CC)OC(=O)CCCCCCC. The highest BCUT2D eigenvalue weighted by Crippen LogP contribution is 2.45. The number of rotatable bonds is 59. The van der Waals surface area contributed by atoms with Crippen molar-refractivity contribution in [1.82, 2.24) is 0 Å². The molecule has 0 aromatic rings. The first-order chi connectivity index (χ1) is 37.9. The summed E-state index contributed by atoms with van der Waals surface area (Å²) in [5.41, 5.74) is 0. The third-order valence-electron chi connectivity index (χ3n) is 14.1. The van der Waals surface area contributed by atoms with Gasteiger partial charge in [-0.25, -0.2) is 9.13 Å². The summed E-state index contributed by atoms with van der Waals surface area (Å²) >= 11 is 0. The number of unbranched alkanes of at least 4 members (excludes halogenated alkanes) is 28. The number of aliphatic hydroxyl groups excluding tert-OH is 1. The first-order valence-electron chi connectivity index (χ1n) is 31.5. The Kier molecular flexibility index (Phi) is 51.5. The lowest BCUT2D eigenvalue weighted by atomic mass is 9.99. The van der Waals surface area contributed by atoms with Crippen molar-refractivity contribution < 1.29 is 80.2 Å². The number of esters is 4. The van der Waals surface area contributed by atoms with Crippen LogP contribution in [0.1, 0.15) is 292 Å². The van der Waals surface area contributed by atoms with Crippen molar-refractivity contribution in [1.29, 1.82) is 0 Å². The Hall–Kier alpha value is -1.94. The van der Waals surface area contributed by atoms with E-state index in [4.69, 9.17) is 37.0 Å². The molecule has 6 atom stereocenters. The summed E-state index contributed by atoms with van der Waals surface area (Å²) in [7, 11) is -9.86. The molecular formula is C60H116O17P2. The largest absolute Gasteiger partial charge is 0.472 e. The predicted molar refractivity (Wildman–Crippen MR) is 312 cm³/mol. The van der Waals surface area contributed by atoms with Crippen LogP contribution in [0.25, 0.3) is 0 Å². The maximum absolute atomic E-state index is 12.9. The Bertz CT molecular complexity index is 1570. The van der Waals surface area contributed by atoms with E-state index in [0.717, 1.165) is 108 Å². The first-order valence-corrected chi connectivity index (χ1v) is 34.5. The van der Waals surface area contributed by atoms with E-state index in [1.165, 1.54) is 103 Å². The summed E-state index contributed by atoms with van der Waals surface area (Å²) < 4.78 is 67.4. The number of hydrogen-bond acceptors (Lipinski definition) is 15. The number of aliphatic hydroxyl groups is 1. The van der Waals surface area contributed by atoms with Crippen LogP contribution in [0.15, 0.2) is 0 Å². The summed E-state index contributed by atoms with van der Waals surface area (Å²) in [5, 5.41) is 10.5. The van der Waals surface area contributed by atoms with Gasteiger partial charge in [0.2, 0.25) is 0 Å². The van der Waals surface area contributed by atoms with Crippen LogP contribution in [-0.4, -0.2) is 96.7 Å². The smallest absolute Gasteiger partial charge is 0.462 e. The molecule has 0 bridgehead atoms. The van der Waals surface area contributed by atoms with Gasteiger partial charge in [0.05, 0.1) is 26.4 Å².